The molecule has 2 N–H and O–H groups in total. The van der Waals surface area contributed by atoms with Crippen LogP contribution in [0.3, 0.4) is 0 Å². The second-order valence-electron chi connectivity index (χ2n) is 10.4. The summed E-state index contributed by atoms with van der Waals surface area (Å²) in [5.74, 6) is -0.0790. The first-order valence-electron chi connectivity index (χ1n) is 13.0. The standard InChI is InChI=1S/C28H32N4O4/c33-26-11-10-24(27(34)30-26)32-16-19-14-21(8-9-22(19)28(32)35)36-25-17-31(15-18-4-2-1-3-5-18)13-12-23(25)29-20-6-7-20/h1-5,8-9,14,20,23-25,29H,6-7,10-13,15-17H2,(H,30,33,34)/t23-,24?,25-/m0/s1. The van der Waals surface area contributed by atoms with Gasteiger partial charge in [-0.15, -0.1) is 0 Å². The summed E-state index contributed by atoms with van der Waals surface area (Å²) in [7, 11) is 0. The van der Waals surface area contributed by atoms with E-state index in [1.807, 2.05) is 24.3 Å². The number of hydrogen-bond donors (Lipinski definition) is 2. The third-order valence-electron chi connectivity index (χ3n) is 7.70. The first-order chi connectivity index (χ1) is 17.5. The molecule has 8 heteroatoms. The molecule has 6 rings (SSSR count). The maximum atomic E-state index is 13.0. The second kappa shape index (κ2) is 9.67. The SMILES string of the molecule is O=C1CCC(N2Cc3cc(O[C@H]4CN(Cc5ccccc5)CC[C@@H]4NC4CC4)ccc3C2=O)C(=O)N1. The van der Waals surface area contributed by atoms with E-state index in [1.165, 1.54) is 18.4 Å². The summed E-state index contributed by atoms with van der Waals surface area (Å²) < 4.78 is 6.58. The number of likely N-dealkylation sites (tertiary alicyclic amines) is 1. The van der Waals surface area contributed by atoms with E-state index >= 15 is 0 Å². The van der Waals surface area contributed by atoms with Gasteiger partial charge in [-0.1, -0.05) is 30.3 Å². The number of hydrogen-bond acceptors (Lipinski definition) is 6. The van der Waals surface area contributed by atoms with E-state index in [9.17, 15) is 14.4 Å². The molecule has 3 fully saturated rings. The smallest absolute Gasteiger partial charge is 0.255 e. The van der Waals surface area contributed by atoms with Gasteiger partial charge in [-0.2, -0.15) is 0 Å². The van der Waals surface area contributed by atoms with Gasteiger partial charge >= 0.3 is 0 Å². The largest absolute Gasteiger partial charge is 0.487 e. The van der Waals surface area contributed by atoms with Gasteiger partial charge in [-0.05, 0) is 55.0 Å². The Labute approximate surface area is 211 Å². The number of ether oxygens (including phenoxy) is 1. The number of amides is 3. The number of piperidine rings is 2. The zero-order valence-corrected chi connectivity index (χ0v) is 20.3. The molecule has 0 aromatic heterocycles. The van der Waals surface area contributed by atoms with Gasteiger partial charge in [0.15, 0.2) is 0 Å². The van der Waals surface area contributed by atoms with Crippen LogP contribution in [0.5, 0.6) is 5.75 Å². The predicted molar refractivity (Wildman–Crippen MR) is 133 cm³/mol. The van der Waals surface area contributed by atoms with Crippen molar-refractivity contribution >= 4 is 17.7 Å². The van der Waals surface area contributed by atoms with Gasteiger partial charge in [0.25, 0.3) is 5.91 Å². The van der Waals surface area contributed by atoms with Gasteiger partial charge in [0, 0.05) is 50.2 Å². The van der Waals surface area contributed by atoms with Crippen molar-refractivity contribution in [3.8, 4) is 5.75 Å². The fourth-order valence-corrected chi connectivity index (χ4v) is 5.63. The Morgan fingerprint density at radius 3 is 2.61 bits per heavy atom. The van der Waals surface area contributed by atoms with Crippen LogP contribution in [0.4, 0.5) is 0 Å². The van der Waals surface area contributed by atoms with Crippen LogP contribution in [0.2, 0.25) is 0 Å². The van der Waals surface area contributed by atoms with Gasteiger partial charge in [-0.3, -0.25) is 24.6 Å². The Morgan fingerprint density at radius 2 is 1.83 bits per heavy atom. The highest BCUT2D eigenvalue weighted by Gasteiger charge is 2.40. The van der Waals surface area contributed by atoms with Crippen LogP contribution in [-0.4, -0.2) is 64.8 Å². The quantitative estimate of drug-likeness (QED) is 0.581. The lowest BCUT2D eigenvalue weighted by atomic mass is 10.0. The Morgan fingerprint density at radius 1 is 1.00 bits per heavy atom. The Bertz CT molecular complexity index is 1170. The topological polar surface area (TPSA) is 91.0 Å². The van der Waals surface area contributed by atoms with Crippen molar-refractivity contribution in [3.63, 3.8) is 0 Å². The summed E-state index contributed by atoms with van der Waals surface area (Å²) in [4.78, 5) is 40.9. The first kappa shape index (κ1) is 23.2. The highest BCUT2D eigenvalue weighted by atomic mass is 16.5. The molecule has 0 spiro atoms. The lowest BCUT2D eigenvalue weighted by Gasteiger charge is -2.39. The number of carbonyl (C=O) groups is 3. The maximum Gasteiger partial charge on any atom is 0.255 e. The van der Waals surface area contributed by atoms with Crippen molar-refractivity contribution in [2.45, 2.75) is 69.4 Å². The molecule has 1 aliphatic carbocycles. The average Bonchev–Trinajstić information content (AvgIpc) is 3.63. The van der Waals surface area contributed by atoms with Crippen molar-refractivity contribution in [2.24, 2.45) is 0 Å². The Balaban J connectivity index is 1.16. The number of rotatable bonds is 7. The molecule has 0 bridgehead atoms. The lowest BCUT2D eigenvalue weighted by molar-refractivity contribution is -0.136. The normalized spacial score (nSPS) is 26.6. The fraction of sp³-hybridized carbons (Fsp3) is 0.464. The lowest BCUT2D eigenvalue weighted by Crippen LogP contribution is -2.55. The van der Waals surface area contributed by atoms with Crippen LogP contribution in [0.25, 0.3) is 0 Å². The Hall–Kier alpha value is -3.23. The zero-order valence-electron chi connectivity index (χ0n) is 20.3. The number of imide groups is 1. The molecule has 2 aromatic rings. The first-order valence-corrected chi connectivity index (χ1v) is 13.0. The molecule has 2 saturated heterocycles. The number of benzene rings is 2. The summed E-state index contributed by atoms with van der Waals surface area (Å²) in [5, 5.41) is 6.14. The number of nitrogens with zero attached hydrogens (tertiary/aromatic N) is 2. The predicted octanol–water partition coefficient (Wildman–Crippen LogP) is 2.22. The Kier molecular flexibility index (Phi) is 6.23. The van der Waals surface area contributed by atoms with E-state index in [-0.39, 0.29) is 24.3 Å². The summed E-state index contributed by atoms with van der Waals surface area (Å²) in [6, 6.07) is 16.4. The minimum atomic E-state index is -0.607. The molecule has 36 heavy (non-hydrogen) atoms. The van der Waals surface area contributed by atoms with Gasteiger partial charge in [0.05, 0.1) is 0 Å². The molecule has 3 aliphatic heterocycles. The molecule has 3 atom stereocenters. The van der Waals surface area contributed by atoms with Crippen molar-refractivity contribution in [1.82, 2.24) is 20.4 Å². The van der Waals surface area contributed by atoms with Crippen LogP contribution in [-0.2, 0) is 22.7 Å². The molecule has 1 saturated carbocycles. The van der Waals surface area contributed by atoms with Gasteiger partial charge in [0.1, 0.15) is 17.9 Å². The molecule has 1 unspecified atom stereocenters. The van der Waals surface area contributed by atoms with Crippen LogP contribution in [0.15, 0.2) is 48.5 Å². The van der Waals surface area contributed by atoms with Crippen molar-refractivity contribution < 1.29 is 19.1 Å². The zero-order chi connectivity index (χ0) is 24.6. The van der Waals surface area contributed by atoms with Gasteiger partial charge < -0.3 is 15.0 Å². The molecule has 2 aromatic carbocycles. The van der Waals surface area contributed by atoms with E-state index in [2.05, 4.69) is 39.8 Å². The fourth-order valence-electron chi connectivity index (χ4n) is 5.63. The molecular weight excluding hydrogens is 456 g/mol. The average molecular weight is 489 g/mol. The van der Waals surface area contributed by atoms with Crippen molar-refractivity contribution in [2.75, 3.05) is 13.1 Å². The molecular formula is C28H32N4O4. The van der Waals surface area contributed by atoms with Gasteiger partial charge in [-0.25, -0.2) is 0 Å². The molecule has 3 amide bonds. The molecule has 3 heterocycles. The van der Waals surface area contributed by atoms with E-state index in [4.69, 9.17) is 4.74 Å². The number of carbonyl (C=O) groups excluding carboxylic acids is 3. The molecule has 4 aliphatic rings. The summed E-state index contributed by atoms with van der Waals surface area (Å²) in [6.07, 6.45) is 4.11. The van der Waals surface area contributed by atoms with Crippen LogP contribution in [0.1, 0.15) is 53.6 Å². The molecule has 0 radical (unpaired) electrons. The number of fused-ring (bicyclic) bond motifs is 1. The third kappa shape index (κ3) is 4.88. The number of nitrogens with one attached hydrogen (secondary N) is 2. The van der Waals surface area contributed by atoms with E-state index in [1.54, 1.807) is 4.90 Å². The minimum absolute atomic E-state index is 0.00412. The van der Waals surface area contributed by atoms with Crippen molar-refractivity contribution in [1.29, 1.82) is 0 Å². The van der Waals surface area contributed by atoms with Crippen LogP contribution < -0.4 is 15.4 Å². The maximum absolute atomic E-state index is 13.0. The van der Waals surface area contributed by atoms with Crippen LogP contribution in [0, 0.1) is 0 Å². The van der Waals surface area contributed by atoms with Crippen LogP contribution >= 0.6 is 0 Å². The molecule has 188 valence electrons. The summed E-state index contributed by atoms with van der Waals surface area (Å²) >= 11 is 0. The summed E-state index contributed by atoms with van der Waals surface area (Å²) in [5.41, 5.74) is 2.77. The van der Waals surface area contributed by atoms with E-state index in [0.29, 0.717) is 30.6 Å². The second-order valence-corrected chi connectivity index (χ2v) is 10.4. The van der Waals surface area contributed by atoms with E-state index < -0.39 is 11.9 Å². The molecule has 8 nitrogen and oxygen atoms in total. The minimum Gasteiger partial charge on any atom is -0.487 e. The summed E-state index contributed by atoms with van der Waals surface area (Å²) in [6.45, 7) is 3.11. The van der Waals surface area contributed by atoms with Gasteiger partial charge in [0.2, 0.25) is 11.8 Å². The third-order valence-corrected chi connectivity index (χ3v) is 7.70. The monoisotopic (exact) mass is 488 g/mol. The highest BCUT2D eigenvalue weighted by molar-refractivity contribution is 6.05. The highest BCUT2D eigenvalue weighted by Crippen LogP contribution is 2.32. The van der Waals surface area contributed by atoms with Crippen molar-refractivity contribution in [3.05, 3.63) is 65.2 Å². The van der Waals surface area contributed by atoms with E-state index in [0.717, 1.165) is 37.4 Å².